The molecule has 2 N–H and O–H groups in total. The smallest absolute Gasteiger partial charge is 0.231 e. The second-order valence-corrected chi connectivity index (χ2v) is 8.99. The van der Waals surface area contributed by atoms with Gasteiger partial charge in [0.25, 0.3) is 0 Å². The molecule has 2 bridgehead atoms. The summed E-state index contributed by atoms with van der Waals surface area (Å²) in [7, 11) is 1.60. The number of aromatic nitrogens is 1. The van der Waals surface area contributed by atoms with Gasteiger partial charge < -0.3 is 24.7 Å². The molecular weight excluding hydrogens is 418 g/mol. The molecule has 3 aromatic rings. The van der Waals surface area contributed by atoms with E-state index in [9.17, 15) is 9.59 Å². The predicted octanol–water partition coefficient (Wildman–Crippen LogP) is 3.14. The molecule has 7 nitrogen and oxygen atoms in total. The standard InChI is InChI=1S/C26H25N3O4/c1-32-18-8-6-17(7-9-18)28-24(30)22-21-10-12-26(33-21)15-29(25(31)23(22)26)13-11-16-14-27-20-5-3-2-4-19(16)20/h2-10,12,14,21-23,27H,11,13,15H2,1H3,(H,28,30). The van der Waals surface area contributed by atoms with Crippen LogP contribution in [0.5, 0.6) is 5.75 Å². The highest BCUT2D eigenvalue weighted by Crippen LogP contribution is 2.52. The Morgan fingerprint density at radius 3 is 2.88 bits per heavy atom. The number of benzene rings is 2. The van der Waals surface area contributed by atoms with E-state index in [4.69, 9.17) is 9.47 Å². The van der Waals surface area contributed by atoms with Crippen LogP contribution in [0, 0.1) is 11.8 Å². The van der Waals surface area contributed by atoms with Crippen molar-refractivity contribution in [3.8, 4) is 5.75 Å². The van der Waals surface area contributed by atoms with Crippen LogP contribution in [0.2, 0.25) is 0 Å². The number of carbonyl (C=O) groups excluding carboxylic acids is 2. The molecule has 3 aliphatic heterocycles. The van der Waals surface area contributed by atoms with Gasteiger partial charge in [-0.3, -0.25) is 9.59 Å². The summed E-state index contributed by atoms with van der Waals surface area (Å²) in [4.78, 5) is 31.8. The molecule has 6 rings (SSSR count). The van der Waals surface area contributed by atoms with E-state index in [0.29, 0.717) is 18.8 Å². The summed E-state index contributed by atoms with van der Waals surface area (Å²) in [6.07, 6.45) is 6.31. The summed E-state index contributed by atoms with van der Waals surface area (Å²) < 4.78 is 11.4. The highest BCUT2D eigenvalue weighted by molar-refractivity contribution is 5.99. The van der Waals surface area contributed by atoms with E-state index in [1.807, 2.05) is 41.4 Å². The minimum Gasteiger partial charge on any atom is -0.497 e. The van der Waals surface area contributed by atoms with Crippen molar-refractivity contribution in [1.29, 1.82) is 0 Å². The van der Waals surface area contributed by atoms with Gasteiger partial charge in [0.15, 0.2) is 0 Å². The Bertz CT molecular complexity index is 1260. The third kappa shape index (κ3) is 3.15. The van der Waals surface area contributed by atoms with Gasteiger partial charge in [0.2, 0.25) is 11.8 Å². The van der Waals surface area contributed by atoms with Crippen LogP contribution in [0.1, 0.15) is 5.56 Å². The normalized spacial score (nSPS) is 27.4. The molecule has 3 aliphatic rings. The number of aromatic amines is 1. The van der Waals surface area contributed by atoms with Gasteiger partial charge in [-0.1, -0.05) is 30.4 Å². The molecule has 0 saturated carbocycles. The van der Waals surface area contributed by atoms with Crippen LogP contribution in [-0.2, 0) is 20.7 Å². The third-order valence-corrected chi connectivity index (χ3v) is 7.17. The lowest BCUT2D eigenvalue weighted by Gasteiger charge is -2.23. The van der Waals surface area contributed by atoms with E-state index >= 15 is 0 Å². The molecule has 4 atom stereocenters. The second-order valence-electron chi connectivity index (χ2n) is 8.99. The van der Waals surface area contributed by atoms with E-state index < -0.39 is 17.4 Å². The molecule has 4 unspecified atom stereocenters. The molecule has 2 amide bonds. The molecule has 7 heteroatoms. The third-order valence-electron chi connectivity index (χ3n) is 7.17. The van der Waals surface area contributed by atoms with E-state index in [2.05, 4.69) is 16.4 Å². The van der Waals surface area contributed by atoms with Crippen molar-refractivity contribution < 1.29 is 19.1 Å². The molecule has 168 valence electrons. The predicted molar refractivity (Wildman–Crippen MR) is 124 cm³/mol. The maximum atomic E-state index is 13.5. The fraction of sp³-hybridized carbons (Fsp3) is 0.308. The average Bonchev–Trinajstić information content (AvgIpc) is 3.58. The number of nitrogens with zero attached hydrogens (tertiary/aromatic N) is 1. The van der Waals surface area contributed by atoms with Crippen LogP contribution in [-0.4, -0.2) is 53.6 Å². The SMILES string of the molecule is COc1ccc(NC(=O)C2C3C=CC4(CN(CCc5c[nH]c6ccccc56)C(=O)C24)O3)cc1. The highest BCUT2D eigenvalue weighted by Gasteiger charge is 2.66. The number of anilines is 1. The van der Waals surface area contributed by atoms with Crippen molar-refractivity contribution in [1.82, 2.24) is 9.88 Å². The van der Waals surface area contributed by atoms with Crippen LogP contribution in [0.15, 0.2) is 66.9 Å². The molecule has 2 aromatic carbocycles. The number of methoxy groups -OCH3 is 1. The summed E-state index contributed by atoms with van der Waals surface area (Å²) in [5.41, 5.74) is 2.24. The van der Waals surface area contributed by atoms with Crippen LogP contribution >= 0.6 is 0 Å². The molecule has 1 aromatic heterocycles. The number of H-pyrrole nitrogens is 1. The zero-order chi connectivity index (χ0) is 22.6. The highest BCUT2D eigenvalue weighted by atomic mass is 16.5. The topological polar surface area (TPSA) is 83.7 Å². The molecule has 2 saturated heterocycles. The first-order valence-corrected chi connectivity index (χ1v) is 11.2. The Morgan fingerprint density at radius 1 is 1.24 bits per heavy atom. The molecule has 2 fully saturated rings. The average molecular weight is 444 g/mol. The van der Waals surface area contributed by atoms with Gasteiger partial charge in [0, 0.05) is 29.3 Å². The van der Waals surface area contributed by atoms with E-state index in [-0.39, 0.29) is 17.9 Å². The molecule has 0 aliphatic carbocycles. The van der Waals surface area contributed by atoms with Crippen LogP contribution in [0.3, 0.4) is 0 Å². The molecule has 0 radical (unpaired) electrons. The number of amides is 2. The Kier molecular flexibility index (Phi) is 4.55. The first-order valence-electron chi connectivity index (χ1n) is 11.2. The number of fused-ring (bicyclic) bond motifs is 2. The van der Waals surface area contributed by atoms with Crippen molar-refractivity contribution in [2.24, 2.45) is 11.8 Å². The zero-order valence-electron chi connectivity index (χ0n) is 18.3. The minimum absolute atomic E-state index is 0.00317. The monoisotopic (exact) mass is 443 g/mol. The number of carbonyl (C=O) groups is 2. The molecular formula is C26H25N3O4. The van der Waals surface area contributed by atoms with Crippen molar-refractivity contribution in [2.75, 3.05) is 25.5 Å². The second kappa shape index (κ2) is 7.49. The van der Waals surface area contributed by atoms with Crippen LogP contribution < -0.4 is 10.1 Å². The number of hydrogen-bond acceptors (Lipinski definition) is 4. The largest absolute Gasteiger partial charge is 0.497 e. The van der Waals surface area contributed by atoms with Crippen molar-refractivity contribution >= 4 is 28.4 Å². The van der Waals surface area contributed by atoms with Gasteiger partial charge >= 0.3 is 0 Å². The summed E-state index contributed by atoms with van der Waals surface area (Å²) >= 11 is 0. The quantitative estimate of drug-likeness (QED) is 0.574. The Balaban J connectivity index is 1.18. The fourth-order valence-corrected chi connectivity index (χ4v) is 5.56. The van der Waals surface area contributed by atoms with Gasteiger partial charge in [0.1, 0.15) is 11.4 Å². The maximum absolute atomic E-state index is 13.5. The first-order chi connectivity index (χ1) is 16.1. The van der Waals surface area contributed by atoms with E-state index in [1.165, 1.54) is 10.9 Å². The maximum Gasteiger partial charge on any atom is 0.231 e. The number of para-hydroxylation sites is 1. The molecule has 33 heavy (non-hydrogen) atoms. The number of nitrogens with one attached hydrogen (secondary N) is 2. The Labute approximate surface area is 191 Å². The van der Waals surface area contributed by atoms with Crippen molar-refractivity contribution in [2.45, 2.75) is 18.1 Å². The first kappa shape index (κ1) is 20.1. The summed E-state index contributed by atoms with van der Waals surface area (Å²) in [6.45, 7) is 1.08. The van der Waals surface area contributed by atoms with Gasteiger partial charge in [-0.25, -0.2) is 0 Å². The Hall–Kier alpha value is -3.58. The molecule has 1 spiro atoms. The van der Waals surface area contributed by atoms with Crippen molar-refractivity contribution in [3.63, 3.8) is 0 Å². The van der Waals surface area contributed by atoms with E-state index in [0.717, 1.165) is 17.7 Å². The van der Waals surface area contributed by atoms with Gasteiger partial charge in [-0.15, -0.1) is 0 Å². The summed E-state index contributed by atoms with van der Waals surface area (Å²) in [5, 5.41) is 4.13. The number of rotatable bonds is 6. The van der Waals surface area contributed by atoms with Crippen LogP contribution in [0.25, 0.3) is 10.9 Å². The lowest BCUT2D eigenvalue weighted by Crippen LogP contribution is -2.41. The summed E-state index contributed by atoms with van der Waals surface area (Å²) in [5.74, 6) is -0.504. The van der Waals surface area contributed by atoms with Crippen LogP contribution in [0.4, 0.5) is 5.69 Å². The minimum atomic E-state index is -0.704. The number of ether oxygens (including phenoxy) is 2. The number of hydrogen-bond donors (Lipinski definition) is 2. The molecule has 4 heterocycles. The van der Waals surface area contributed by atoms with Gasteiger partial charge in [-0.05, 0) is 42.3 Å². The van der Waals surface area contributed by atoms with Crippen molar-refractivity contribution in [3.05, 3.63) is 72.4 Å². The number of likely N-dealkylation sites (tertiary alicyclic amines) is 1. The zero-order valence-corrected chi connectivity index (χ0v) is 18.3. The lowest BCUT2D eigenvalue weighted by atomic mass is 9.77. The summed E-state index contributed by atoms with van der Waals surface area (Å²) in [6, 6.07) is 15.3. The lowest BCUT2D eigenvalue weighted by molar-refractivity contribution is -0.135. The van der Waals surface area contributed by atoms with E-state index in [1.54, 1.807) is 31.4 Å². The Morgan fingerprint density at radius 2 is 2.06 bits per heavy atom. The van der Waals surface area contributed by atoms with Gasteiger partial charge in [0.05, 0.1) is 31.6 Å². The van der Waals surface area contributed by atoms with Gasteiger partial charge in [-0.2, -0.15) is 0 Å². The fourth-order valence-electron chi connectivity index (χ4n) is 5.56.